The number of halogens is 2. The number of nitrogens with one attached hydrogen (secondary N) is 1. The molecule has 5 aromatic rings. The second-order valence-corrected chi connectivity index (χ2v) is 8.97. The maximum atomic E-state index is 12.8. The van der Waals surface area contributed by atoms with E-state index in [9.17, 15) is 13.6 Å². The van der Waals surface area contributed by atoms with Crippen LogP contribution in [0, 0.1) is 11.6 Å². The fourth-order valence-corrected chi connectivity index (χ4v) is 4.57. The first-order chi connectivity index (χ1) is 17.6. The van der Waals surface area contributed by atoms with Gasteiger partial charge in [0.25, 0.3) is 5.91 Å². The van der Waals surface area contributed by atoms with Gasteiger partial charge in [-0.3, -0.25) is 15.1 Å². The predicted octanol–water partition coefficient (Wildman–Crippen LogP) is 5.67. The van der Waals surface area contributed by atoms with Crippen molar-refractivity contribution in [2.24, 2.45) is 0 Å². The average molecular weight is 505 g/mol. The summed E-state index contributed by atoms with van der Waals surface area (Å²) in [5, 5.41) is 9.63. The van der Waals surface area contributed by atoms with Gasteiger partial charge in [-0.1, -0.05) is 6.07 Å². The molecule has 4 aromatic heterocycles. The summed E-state index contributed by atoms with van der Waals surface area (Å²) in [6.45, 7) is 2.11. The van der Waals surface area contributed by atoms with Gasteiger partial charge in [-0.05, 0) is 61.4 Å². The first-order valence-electron chi connectivity index (χ1n) is 11.4. The molecule has 0 aliphatic carbocycles. The Labute approximate surface area is 210 Å². The van der Waals surface area contributed by atoms with Gasteiger partial charge in [0.2, 0.25) is 0 Å². The van der Waals surface area contributed by atoms with Crippen LogP contribution in [-0.2, 0) is 0 Å². The van der Waals surface area contributed by atoms with Crippen LogP contribution in [0.3, 0.4) is 0 Å². The van der Waals surface area contributed by atoms with E-state index in [2.05, 4.69) is 25.3 Å². The minimum absolute atomic E-state index is 0.213. The molecule has 0 atom stereocenters. The third-order valence-electron chi connectivity index (χ3n) is 5.68. The Kier molecular flexibility index (Phi) is 6.94. The first-order valence-corrected chi connectivity index (χ1v) is 12.3. The lowest BCUT2D eigenvalue weighted by atomic mass is 10.2. The number of thiazole rings is 1. The van der Waals surface area contributed by atoms with Gasteiger partial charge >= 0.3 is 0 Å². The zero-order valence-corrected chi connectivity index (χ0v) is 20.0. The number of anilines is 2. The summed E-state index contributed by atoms with van der Waals surface area (Å²) in [4.78, 5) is 24.0. The summed E-state index contributed by atoms with van der Waals surface area (Å²) < 4.78 is 25.6. The maximum absolute atomic E-state index is 12.8. The molecule has 1 aliphatic heterocycles. The summed E-state index contributed by atoms with van der Waals surface area (Å²) in [6.07, 6.45) is 7.65. The molecule has 0 spiro atoms. The van der Waals surface area contributed by atoms with E-state index in [1.165, 1.54) is 24.2 Å². The molecule has 1 aromatic carbocycles. The summed E-state index contributed by atoms with van der Waals surface area (Å²) >= 11 is 1.38. The van der Waals surface area contributed by atoms with Crippen molar-refractivity contribution in [1.29, 1.82) is 0 Å². The SMILES string of the molecule is Fc1ccc(F)cc1.O=C(Nc1nc(-c2ccccn2)cs1)c1cnn2ccc(N3CCCC3)cc12. The number of fused-ring (bicyclic) bond motifs is 1. The van der Waals surface area contributed by atoms with Crippen LogP contribution < -0.4 is 10.2 Å². The zero-order chi connectivity index (χ0) is 24.9. The third-order valence-corrected chi connectivity index (χ3v) is 6.43. The average Bonchev–Trinajstić information content (AvgIpc) is 3.67. The quantitative estimate of drug-likeness (QED) is 0.341. The molecule has 0 unspecified atom stereocenters. The molecule has 1 aliphatic rings. The molecule has 1 fully saturated rings. The number of nitrogens with zero attached hydrogens (tertiary/aromatic N) is 5. The lowest BCUT2D eigenvalue weighted by molar-refractivity contribution is 0.102. The van der Waals surface area contributed by atoms with Crippen molar-refractivity contribution in [3.63, 3.8) is 0 Å². The van der Waals surface area contributed by atoms with Crippen LogP contribution in [0.1, 0.15) is 23.2 Å². The van der Waals surface area contributed by atoms with Crippen LogP contribution in [-0.4, -0.2) is 38.6 Å². The molecule has 0 radical (unpaired) electrons. The molecule has 7 nitrogen and oxygen atoms in total. The molecule has 0 bridgehead atoms. The van der Waals surface area contributed by atoms with Crippen LogP contribution in [0.5, 0.6) is 0 Å². The molecular formula is C26H22F2N6OS. The topological polar surface area (TPSA) is 75.4 Å². The van der Waals surface area contributed by atoms with Gasteiger partial charge in [-0.25, -0.2) is 18.3 Å². The standard InChI is InChI=1S/C20H18N6OS.C6H4F2/c27-19(24-20-23-17(13-28-20)16-5-1-2-7-21-16)15-12-22-26-10-6-14(11-18(15)26)25-8-3-4-9-25;7-5-1-2-6(8)4-3-5/h1-2,5-7,10-13H,3-4,8-9H2,(H,23,24,27);1-4H. The Morgan fingerprint density at radius 2 is 1.72 bits per heavy atom. The molecule has 1 saturated heterocycles. The van der Waals surface area contributed by atoms with Gasteiger partial charge in [-0.2, -0.15) is 5.10 Å². The summed E-state index contributed by atoms with van der Waals surface area (Å²) in [7, 11) is 0. The number of amides is 1. The first kappa shape index (κ1) is 23.6. The number of rotatable bonds is 4. The molecule has 6 rings (SSSR count). The summed E-state index contributed by atoms with van der Waals surface area (Å²) in [5.41, 5.74) is 3.99. The zero-order valence-electron chi connectivity index (χ0n) is 19.1. The Bertz CT molecular complexity index is 1440. The van der Waals surface area contributed by atoms with Gasteiger partial charge in [0, 0.05) is 36.6 Å². The molecule has 36 heavy (non-hydrogen) atoms. The summed E-state index contributed by atoms with van der Waals surface area (Å²) in [6, 6.07) is 14.1. The third kappa shape index (κ3) is 5.38. The number of carbonyl (C=O) groups is 1. The van der Waals surface area contributed by atoms with E-state index in [0.717, 1.165) is 59.9 Å². The highest BCUT2D eigenvalue weighted by Gasteiger charge is 2.18. The van der Waals surface area contributed by atoms with E-state index in [0.29, 0.717) is 10.7 Å². The van der Waals surface area contributed by atoms with Crippen LogP contribution in [0.25, 0.3) is 16.9 Å². The highest BCUT2D eigenvalue weighted by Crippen LogP contribution is 2.26. The number of hydrogen-bond donors (Lipinski definition) is 1. The van der Waals surface area contributed by atoms with Crippen molar-refractivity contribution in [1.82, 2.24) is 19.6 Å². The lowest BCUT2D eigenvalue weighted by Crippen LogP contribution is -2.18. The molecular weight excluding hydrogens is 482 g/mol. The van der Waals surface area contributed by atoms with Gasteiger partial charge in [0.1, 0.15) is 17.3 Å². The number of hydrogen-bond acceptors (Lipinski definition) is 6. The number of benzene rings is 1. The van der Waals surface area contributed by atoms with E-state index in [4.69, 9.17) is 0 Å². The Balaban J connectivity index is 0.000000286. The highest BCUT2D eigenvalue weighted by molar-refractivity contribution is 7.14. The number of pyridine rings is 2. The second kappa shape index (κ2) is 10.6. The van der Waals surface area contributed by atoms with Gasteiger partial charge in [-0.15, -0.1) is 11.3 Å². The van der Waals surface area contributed by atoms with Crippen LogP contribution >= 0.6 is 11.3 Å². The monoisotopic (exact) mass is 504 g/mol. The van der Waals surface area contributed by atoms with Crippen molar-refractivity contribution in [3.8, 4) is 11.4 Å². The second-order valence-electron chi connectivity index (χ2n) is 8.11. The lowest BCUT2D eigenvalue weighted by Gasteiger charge is -2.17. The van der Waals surface area contributed by atoms with E-state index < -0.39 is 11.6 Å². The van der Waals surface area contributed by atoms with Crippen molar-refractivity contribution >= 4 is 33.6 Å². The summed E-state index contributed by atoms with van der Waals surface area (Å²) in [5.74, 6) is -1.03. The number of carbonyl (C=O) groups excluding carboxylic acids is 1. The normalized spacial score (nSPS) is 12.9. The van der Waals surface area contributed by atoms with Gasteiger partial charge in [0.15, 0.2) is 5.13 Å². The molecule has 1 N–H and O–H groups in total. The van der Waals surface area contributed by atoms with Crippen molar-refractivity contribution in [3.05, 3.63) is 95.8 Å². The highest BCUT2D eigenvalue weighted by atomic mass is 32.1. The maximum Gasteiger partial charge on any atom is 0.261 e. The van der Waals surface area contributed by atoms with Crippen LogP contribution in [0.2, 0.25) is 0 Å². The van der Waals surface area contributed by atoms with Crippen molar-refractivity contribution in [2.45, 2.75) is 12.8 Å². The molecule has 10 heteroatoms. The van der Waals surface area contributed by atoms with E-state index in [1.54, 1.807) is 16.9 Å². The molecule has 0 saturated carbocycles. The molecule has 5 heterocycles. The van der Waals surface area contributed by atoms with Crippen LogP contribution in [0.4, 0.5) is 19.6 Å². The largest absolute Gasteiger partial charge is 0.371 e. The van der Waals surface area contributed by atoms with Gasteiger partial charge in [0.05, 0.1) is 23.0 Å². The Morgan fingerprint density at radius 1 is 0.972 bits per heavy atom. The van der Waals surface area contributed by atoms with E-state index in [1.807, 2.05) is 41.9 Å². The molecule has 182 valence electrons. The van der Waals surface area contributed by atoms with Gasteiger partial charge < -0.3 is 4.90 Å². The fraction of sp³-hybridized carbons (Fsp3) is 0.154. The van der Waals surface area contributed by atoms with E-state index in [-0.39, 0.29) is 5.91 Å². The van der Waals surface area contributed by atoms with Crippen LogP contribution in [0.15, 0.2) is 78.6 Å². The minimum atomic E-state index is -0.411. The minimum Gasteiger partial charge on any atom is -0.371 e. The predicted molar refractivity (Wildman–Crippen MR) is 136 cm³/mol. The Hall–Kier alpha value is -4.18. The van der Waals surface area contributed by atoms with E-state index >= 15 is 0 Å². The number of aromatic nitrogens is 4. The Morgan fingerprint density at radius 3 is 2.42 bits per heavy atom. The van der Waals surface area contributed by atoms with Crippen molar-refractivity contribution < 1.29 is 13.6 Å². The van der Waals surface area contributed by atoms with Crippen molar-refractivity contribution in [2.75, 3.05) is 23.3 Å². The fourth-order valence-electron chi connectivity index (χ4n) is 3.87. The smallest absolute Gasteiger partial charge is 0.261 e. The molecule has 1 amide bonds.